The van der Waals surface area contributed by atoms with E-state index in [1.807, 2.05) is 0 Å². The number of aromatic nitrogens is 2. The van der Waals surface area contributed by atoms with Crippen LogP contribution >= 0.6 is 0 Å². The number of nitrogens with zero attached hydrogens (tertiary/aromatic N) is 2. The van der Waals surface area contributed by atoms with Crippen LogP contribution in [0.1, 0.15) is 10.5 Å². The van der Waals surface area contributed by atoms with Crippen LogP contribution in [-0.2, 0) is 0 Å². The molecule has 0 aliphatic heterocycles. The van der Waals surface area contributed by atoms with Gasteiger partial charge in [-0.25, -0.2) is 19.2 Å². The maximum atomic E-state index is 12.6. The third-order valence-corrected chi connectivity index (χ3v) is 1.02. The highest BCUT2D eigenvalue weighted by molar-refractivity contribution is 5.86. The van der Waals surface area contributed by atoms with Crippen molar-refractivity contribution in [2.75, 3.05) is 5.73 Å². The van der Waals surface area contributed by atoms with Crippen molar-refractivity contribution in [1.82, 2.24) is 9.97 Å². The number of carboxylic acid groups (broad SMARTS) is 1. The second-order valence-electron chi connectivity index (χ2n) is 1.73. The van der Waals surface area contributed by atoms with E-state index in [9.17, 15) is 9.18 Å². The van der Waals surface area contributed by atoms with Crippen LogP contribution in [0.25, 0.3) is 0 Å². The summed E-state index contributed by atoms with van der Waals surface area (Å²) in [5, 5.41) is 8.30. The van der Waals surface area contributed by atoms with E-state index in [2.05, 4.69) is 9.97 Å². The molecule has 1 rings (SSSR count). The predicted molar refractivity (Wildman–Crippen MR) is 33.4 cm³/mol. The zero-order chi connectivity index (χ0) is 8.43. The summed E-state index contributed by atoms with van der Waals surface area (Å²) in [5.74, 6) is -3.02. The van der Waals surface area contributed by atoms with Crippen LogP contribution in [0.5, 0.6) is 0 Å². The first kappa shape index (κ1) is 7.39. The summed E-state index contributed by atoms with van der Waals surface area (Å²) >= 11 is 0. The Morgan fingerprint density at radius 1 is 1.64 bits per heavy atom. The number of nitrogen functional groups attached to an aromatic ring is 1. The minimum Gasteiger partial charge on any atom is -0.476 e. The average molecular weight is 157 g/mol. The van der Waals surface area contributed by atoms with Crippen LogP contribution in [0.4, 0.5) is 10.2 Å². The summed E-state index contributed by atoms with van der Waals surface area (Å²) in [7, 11) is 0. The lowest BCUT2D eigenvalue weighted by atomic mass is 10.4. The normalized spacial score (nSPS) is 9.55. The minimum atomic E-state index is -1.46. The maximum absolute atomic E-state index is 12.6. The summed E-state index contributed by atoms with van der Waals surface area (Å²) in [6.07, 6.45) is 0.891. The van der Waals surface area contributed by atoms with Gasteiger partial charge in [-0.15, -0.1) is 0 Å². The van der Waals surface area contributed by atoms with Crippen molar-refractivity contribution in [2.24, 2.45) is 0 Å². The lowest BCUT2D eigenvalue weighted by Gasteiger charge is -1.96. The van der Waals surface area contributed by atoms with E-state index >= 15 is 0 Å². The molecule has 0 aliphatic rings. The van der Waals surface area contributed by atoms with Crippen LogP contribution in [0.2, 0.25) is 0 Å². The molecule has 1 aromatic heterocycles. The molecular formula is C5H4FN3O2. The first-order chi connectivity index (χ1) is 5.13. The first-order valence-electron chi connectivity index (χ1n) is 2.62. The molecule has 0 aromatic carbocycles. The molecule has 3 N–H and O–H groups in total. The summed E-state index contributed by atoms with van der Waals surface area (Å²) in [5.41, 5.74) is 4.26. The summed E-state index contributed by atoms with van der Waals surface area (Å²) in [4.78, 5) is 16.6. The van der Waals surface area contributed by atoms with Crippen LogP contribution in [0.15, 0.2) is 6.33 Å². The second-order valence-corrected chi connectivity index (χ2v) is 1.73. The molecule has 58 valence electrons. The molecule has 0 saturated heterocycles. The first-order valence-corrected chi connectivity index (χ1v) is 2.62. The summed E-state index contributed by atoms with van der Waals surface area (Å²) < 4.78 is 12.6. The second kappa shape index (κ2) is 2.49. The quantitative estimate of drug-likeness (QED) is 0.593. The Labute approximate surface area is 60.7 Å². The van der Waals surface area contributed by atoms with Crippen LogP contribution in [0, 0.1) is 5.82 Å². The summed E-state index contributed by atoms with van der Waals surface area (Å²) in [6, 6.07) is 0. The van der Waals surface area contributed by atoms with Gasteiger partial charge in [0.1, 0.15) is 6.33 Å². The molecule has 0 aliphatic carbocycles. The number of hydrogen-bond donors (Lipinski definition) is 2. The van der Waals surface area contributed by atoms with E-state index in [1.54, 1.807) is 0 Å². The van der Waals surface area contributed by atoms with Gasteiger partial charge in [-0.1, -0.05) is 0 Å². The molecule has 1 aromatic rings. The van der Waals surface area contributed by atoms with Crippen LogP contribution in [0.3, 0.4) is 0 Å². The van der Waals surface area contributed by atoms with Crippen molar-refractivity contribution < 1.29 is 14.3 Å². The van der Waals surface area contributed by atoms with Gasteiger partial charge in [0.05, 0.1) is 0 Å². The Bertz CT molecular complexity index is 302. The molecule has 1 heterocycles. The van der Waals surface area contributed by atoms with Gasteiger partial charge in [-0.05, 0) is 0 Å². The third kappa shape index (κ3) is 1.23. The van der Waals surface area contributed by atoms with Gasteiger partial charge in [0.2, 0.25) is 0 Å². The smallest absolute Gasteiger partial charge is 0.357 e. The van der Waals surface area contributed by atoms with Crippen molar-refractivity contribution in [3.63, 3.8) is 0 Å². The van der Waals surface area contributed by atoms with Crippen molar-refractivity contribution >= 4 is 11.8 Å². The molecule has 0 fully saturated rings. The highest BCUT2D eigenvalue weighted by Crippen LogP contribution is 2.07. The van der Waals surface area contributed by atoms with Crippen LogP contribution in [-0.4, -0.2) is 21.0 Å². The number of carbonyl (C=O) groups is 1. The molecule has 11 heavy (non-hydrogen) atoms. The van der Waals surface area contributed by atoms with E-state index in [4.69, 9.17) is 10.8 Å². The van der Waals surface area contributed by atoms with Crippen molar-refractivity contribution in [3.05, 3.63) is 17.8 Å². The lowest BCUT2D eigenvalue weighted by Crippen LogP contribution is -2.08. The largest absolute Gasteiger partial charge is 0.476 e. The standard InChI is InChI=1S/C5H4FN3O2/c6-2-3(5(10)11)8-1-9-4(2)7/h1H,(H,10,11)(H2,7,8,9). The molecule has 5 nitrogen and oxygen atoms in total. The highest BCUT2D eigenvalue weighted by atomic mass is 19.1. The molecule has 6 heteroatoms. The van der Waals surface area contributed by atoms with Gasteiger partial charge >= 0.3 is 5.97 Å². The number of hydrogen-bond acceptors (Lipinski definition) is 4. The highest BCUT2D eigenvalue weighted by Gasteiger charge is 2.14. The number of nitrogens with two attached hydrogens (primary N) is 1. The Balaban J connectivity index is 3.27. The van der Waals surface area contributed by atoms with Gasteiger partial charge in [0.25, 0.3) is 0 Å². The molecule has 0 radical (unpaired) electrons. The van der Waals surface area contributed by atoms with Crippen LogP contribution < -0.4 is 5.73 Å². The fraction of sp³-hybridized carbons (Fsp3) is 0. The molecule has 0 bridgehead atoms. The number of aromatic carboxylic acids is 1. The van der Waals surface area contributed by atoms with Gasteiger partial charge in [-0.2, -0.15) is 0 Å². The van der Waals surface area contributed by atoms with Gasteiger partial charge in [0.15, 0.2) is 17.3 Å². The van der Waals surface area contributed by atoms with Crippen molar-refractivity contribution in [2.45, 2.75) is 0 Å². The number of rotatable bonds is 1. The molecule has 0 atom stereocenters. The predicted octanol–water partition coefficient (Wildman–Crippen LogP) is -0.104. The topological polar surface area (TPSA) is 89.1 Å². The Morgan fingerprint density at radius 3 is 2.73 bits per heavy atom. The maximum Gasteiger partial charge on any atom is 0.357 e. The Kier molecular flexibility index (Phi) is 1.67. The number of carboxylic acids is 1. The zero-order valence-corrected chi connectivity index (χ0v) is 5.28. The fourth-order valence-electron chi connectivity index (χ4n) is 0.533. The Morgan fingerprint density at radius 2 is 2.27 bits per heavy atom. The molecule has 0 saturated carbocycles. The van der Waals surface area contributed by atoms with E-state index in [1.165, 1.54) is 0 Å². The third-order valence-electron chi connectivity index (χ3n) is 1.02. The molecular weight excluding hydrogens is 153 g/mol. The zero-order valence-electron chi connectivity index (χ0n) is 5.28. The molecule has 0 unspecified atom stereocenters. The van der Waals surface area contributed by atoms with Gasteiger partial charge < -0.3 is 10.8 Å². The van der Waals surface area contributed by atoms with E-state index < -0.39 is 23.3 Å². The monoisotopic (exact) mass is 157 g/mol. The minimum absolute atomic E-state index is 0.461. The SMILES string of the molecule is Nc1ncnc(C(=O)O)c1F. The van der Waals surface area contributed by atoms with Crippen molar-refractivity contribution in [1.29, 1.82) is 0 Å². The lowest BCUT2D eigenvalue weighted by molar-refractivity contribution is 0.0685. The Hall–Kier alpha value is -1.72. The average Bonchev–Trinajstić information content (AvgIpc) is 1.94. The molecule has 0 amide bonds. The van der Waals surface area contributed by atoms with Gasteiger partial charge in [0, 0.05) is 0 Å². The number of halogens is 1. The van der Waals surface area contributed by atoms with E-state index in [-0.39, 0.29) is 0 Å². The van der Waals surface area contributed by atoms with E-state index in [0.29, 0.717) is 0 Å². The van der Waals surface area contributed by atoms with Crippen molar-refractivity contribution in [3.8, 4) is 0 Å². The fourth-order valence-corrected chi connectivity index (χ4v) is 0.533. The summed E-state index contributed by atoms with van der Waals surface area (Å²) in [6.45, 7) is 0. The van der Waals surface area contributed by atoms with E-state index in [0.717, 1.165) is 6.33 Å². The molecule has 0 spiro atoms. The number of anilines is 1. The van der Waals surface area contributed by atoms with Gasteiger partial charge in [-0.3, -0.25) is 0 Å².